The third-order valence-electron chi connectivity index (χ3n) is 4.30. The highest BCUT2D eigenvalue weighted by atomic mass is 16.5. The summed E-state index contributed by atoms with van der Waals surface area (Å²) in [5.41, 5.74) is 0. The van der Waals surface area contributed by atoms with E-state index in [0.717, 1.165) is 19.4 Å². The molecule has 0 bridgehead atoms. The maximum atomic E-state index is 11.7. The van der Waals surface area contributed by atoms with Crippen LogP contribution in [0.1, 0.15) is 97.3 Å². The Balaban J connectivity index is 3.13. The van der Waals surface area contributed by atoms with Crippen LogP contribution in [0, 0.1) is 0 Å². The number of rotatable bonds is 20. The van der Waals surface area contributed by atoms with E-state index >= 15 is 0 Å². The van der Waals surface area contributed by atoms with Crippen molar-refractivity contribution < 1.29 is 14.3 Å². The fourth-order valence-electron chi connectivity index (χ4n) is 2.77. The van der Waals surface area contributed by atoms with Crippen LogP contribution in [0.4, 0.5) is 0 Å². The average molecular weight is 358 g/mol. The van der Waals surface area contributed by atoms with Gasteiger partial charge in [-0.1, -0.05) is 78.1 Å². The van der Waals surface area contributed by atoms with Gasteiger partial charge in [0.05, 0.1) is 19.8 Å². The quantitative estimate of drug-likeness (QED) is 0.303. The first kappa shape index (κ1) is 24.4. The molecule has 0 saturated heterocycles. The smallest absolute Gasteiger partial charge is 0.220 e. The summed E-state index contributed by atoms with van der Waals surface area (Å²) in [7, 11) is 0. The highest BCUT2D eigenvalue weighted by molar-refractivity contribution is 5.75. The number of carbonyl (C=O) groups excluding carboxylic acids is 1. The van der Waals surface area contributed by atoms with Gasteiger partial charge in [0.25, 0.3) is 0 Å². The van der Waals surface area contributed by atoms with Gasteiger partial charge in [0.1, 0.15) is 0 Å². The fourth-order valence-corrected chi connectivity index (χ4v) is 2.77. The van der Waals surface area contributed by atoms with Crippen molar-refractivity contribution in [2.24, 2.45) is 0 Å². The number of amides is 1. The van der Waals surface area contributed by atoms with Gasteiger partial charge in [-0.15, -0.1) is 0 Å². The van der Waals surface area contributed by atoms with Crippen molar-refractivity contribution in [3.8, 4) is 0 Å². The molecule has 0 radical (unpaired) electrons. The molecule has 150 valence electrons. The lowest BCUT2D eigenvalue weighted by atomic mass is 10.1. The molecule has 0 aromatic heterocycles. The Morgan fingerprint density at radius 3 is 1.72 bits per heavy atom. The first-order chi connectivity index (χ1) is 12.3. The van der Waals surface area contributed by atoms with E-state index in [1.54, 1.807) is 0 Å². The Morgan fingerprint density at radius 1 is 0.640 bits per heavy atom. The first-order valence-electron chi connectivity index (χ1n) is 10.7. The lowest BCUT2D eigenvalue weighted by Crippen LogP contribution is -2.27. The number of unbranched alkanes of at least 4 members (excludes halogenated alkanes) is 10. The van der Waals surface area contributed by atoms with Crippen molar-refractivity contribution >= 4 is 5.91 Å². The van der Waals surface area contributed by atoms with Crippen molar-refractivity contribution in [2.75, 3.05) is 33.0 Å². The Kier molecular flexibility index (Phi) is 20.9. The Bertz CT molecular complexity index is 272. The molecule has 0 aliphatic rings. The average Bonchev–Trinajstić information content (AvgIpc) is 2.62. The fraction of sp³-hybridized carbons (Fsp3) is 0.952. The molecule has 0 atom stereocenters. The molecule has 0 unspecified atom stereocenters. The molecule has 0 aliphatic heterocycles. The summed E-state index contributed by atoms with van der Waals surface area (Å²) in [5, 5.41) is 2.92. The van der Waals surface area contributed by atoms with Crippen LogP contribution >= 0.6 is 0 Å². The second-order valence-electron chi connectivity index (χ2n) is 6.86. The summed E-state index contributed by atoms with van der Waals surface area (Å²) in [5.74, 6) is 0.154. The Hall–Kier alpha value is -0.610. The van der Waals surface area contributed by atoms with E-state index in [2.05, 4.69) is 19.2 Å². The molecule has 0 aromatic rings. The van der Waals surface area contributed by atoms with Gasteiger partial charge in [0.2, 0.25) is 5.91 Å². The van der Waals surface area contributed by atoms with E-state index in [1.165, 1.54) is 64.2 Å². The van der Waals surface area contributed by atoms with Gasteiger partial charge in [-0.05, 0) is 12.8 Å². The Morgan fingerprint density at radius 2 is 1.16 bits per heavy atom. The number of nitrogens with one attached hydrogen (secondary N) is 1. The SMILES string of the molecule is CCCCCCCCCCCCCC(=O)NCCOCCOCCC. The number of carbonyl (C=O) groups is 1. The molecule has 25 heavy (non-hydrogen) atoms. The van der Waals surface area contributed by atoms with E-state index in [9.17, 15) is 4.79 Å². The van der Waals surface area contributed by atoms with Gasteiger partial charge in [-0.3, -0.25) is 4.79 Å². The molecule has 1 amide bonds. The molecular formula is C21H43NO3. The molecule has 4 nitrogen and oxygen atoms in total. The van der Waals surface area contributed by atoms with Gasteiger partial charge in [-0.25, -0.2) is 0 Å². The Labute approximate surface area is 156 Å². The third-order valence-corrected chi connectivity index (χ3v) is 4.30. The summed E-state index contributed by atoms with van der Waals surface area (Å²) in [6, 6.07) is 0. The van der Waals surface area contributed by atoms with Crippen LogP contribution in [0.15, 0.2) is 0 Å². The number of hydrogen-bond acceptors (Lipinski definition) is 3. The topological polar surface area (TPSA) is 47.6 Å². The molecule has 0 aromatic carbocycles. The predicted octanol–water partition coefficient (Wildman–Crippen LogP) is 5.25. The summed E-state index contributed by atoms with van der Waals surface area (Å²) >= 11 is 0. The zero-order valence-corrected chi connectivity index (χ0v) is 17.0. The van der Waals surface area contributed by atoms with Crippen molar-refractivity contribution in [1.82, 2.24) is 5.32 Å². The minimum atomic E-state index is 0.154. The summed E-state index contributed by atoms with van der Waals surface area (Å²) < 4.78 is 10.7. The largest absolute Gasteiger partial charge is 0.379 e. The van der Waals surface area contributed by atoms with Crippen molar-refractivity contribution in [1.29, 1.82) is 0 Å². The summed E-state index contributed by atoms with van der Waals surface area (Å²) in [6.45, 7) is 7.56. The molecule has 0 heterocycles. The highest BCUT2D eigenvalue weighted by Gasteiger charge is 2.00. The van der Waals surface area contributed by atoms with Crippen LogP contribution in [0.25, 0.3) is 0 Å². The maximum absolute atomic E-state index is 11.7. The van der Waals surface area contributed by atoms with Crippen LogP contribution < -0.4 is 5.32 Å². The standard InChI is InChI=1S/C21H43NO3/c1-3-5-6-7-8-9-10-11-12-13-14-15-21(23)22-16-18-25-20-19-24-17-4-2/h3-20H2,1-2H3,(H,22,23). The van der Waals surface area contributed by atoms with Gasteiger partial charge in [-0.2, -0.15) is 0 Å². The predicted molar refractivity (Wildman–Crippen MR) is 106 cm³/mol. The summed E-state index contributed by atoms with van der Waals surface area (Å²) in [4.78, 5) is 11.7. The zero-order chi connectivity index (χ0) is 18.4. The molecule has 4 heteroatoms. The molecule has 1 N–H and O–H groups in total. The van der Waals surface area contributed by atoms with E-state index in [0.29, 0.717) is 32.8 Å². The molecule has 0 spiro atoms. The summed E-state index contributed by atoms with van der Waals surface area (Å²) in [6.07, 6.45) is 16.1. The van der Waals surface area contributed by atoms with Crippen molar-refractivity contribution in [3.05, 3.63) is 0 Å². The van der Waals surface area contributed by atoms with E-state index in [-0.39, 0.29) is 5.91 Å². The van der Waals surface area contributed by atoms with Crippen LogP contribution in [0.5, 0.6) is 0 Å². The minimum absolute atomic E-state index is 0.154. The second-order valence-corrected chi connectivity index (χ2v) is 6.86. The van der Waals surface area contributed by atoms with Crippen molar-refractivity contribution in [2.45, 2.75) is 97.3 Å². The van der Waals surface area contributed by atoms with Crippen molar-refractivity contribution in [3.63, 3.8) is 0 Å². The molecular weight excluding hydrogens is 314 g/mol. The minimum Gasteiger partial charge on any atom is -0.379 e. The first-order valence-corrected chi connectivity index (χ1v) is 10.7. The lowest BCUT2D eigenvalue weighted by Gasteiger charge is -2.07. The van der Waals surface area contributed by atoms with E-state index < -0.39 is 0 Å². The molecule has 0 saturated carbocycles. The van der Waals surface area contributed by atoms with Gasteiger partial charge in [0, 0.05) is 19.6 Å². The van der Waals surface area contributed by atoms with Crippen LogP contribution in [-0.2, 0) is 14.3 Å². The second kappa shape index (κ2) is 21.4. The number of ether oxygens (including phenoxy) is 2. The zero-order valence-electron chi connectivity index (χ0n) is 17.0. The maximum Gasteiger partial charge on any atom is 0.220 e. The molecule has 0 aliphatic carbocycles. The van der Waals surface area contributed by atoms with Crippen LogP contribution in [-0.4, -0.2) is 38.9 Å². The van der Waals surface area contributed by atoms with E-state index in [4.69, 9.17) is 9.47 Å². The number of hydrogen-bond donors (Lipinski definition) is 1. The van der Waals surface area contributed by atoms with Gasteiger partial charge < -0.3 is 14.8 Å². The molecule has 0 rings (SSSR count). The van der Waals surface area contributed by atoms with Gasteiger partial charge in [0.15, 0.2) is 0 Å². The highest BCUT2D eigenvalue weighted by Crippen LogP contribution is 2.11. The van der Waals surface area contributed by atoms with Gasteiger partial charge >= 0.3 is 0 Å². The third kappa shape index (κ3) is 21.3. The monoisotopic (exact) mass is 357 g/mol. The van der Waals surface area contributed by atoms with E-state index in [1.807, 2.05) is 0 Å². The lowest BCUT2D eigenvalue weighted by molar-refractivity contribution is -0.121. The van der Waals surface area contributed by atoms with Crippen LogP contribution in [0.3, 0.4) is 0 Å². The molecule has 0 fully saturated rings. The normalized spacial score (nSPS) is 11.0. The van der Waals surface area contributed by atoms with Crippen LogP contribution in [0.2, 0.25) is 0 Å².